The Hall–Kier alpha value is -5.58. The number of carboxylic acid groups (broad SMARTS) is 3. The fraction of sp³-hybridized carbons (Fsp3) is 0. The molecule has 9 nitrogen and oxygen atoms in total. The molecule has 6 aromatic rings. The van der Waals surface area contributed by atoms with Gasteiger partial charge in [-0.2, -0.15) is 0 Å². The summed E-state index contributed by atoms with van der Waals surface area (Å²) in [5.41, 5.74) is 0.143. The molecule has 49 heavy (non-hydrogen) atoms. The SMILES string of the molecule is O=C([O-])c1ccccc1Oc1ccccc1.O=C([O-])c1ccccc1Oc1ccccc1.O=C([O-])c1ccccc1Oc1ccccc1.[Tb+3]. The minimum atomic E-state index is -1.24. The summed E-state index contributed by atoms with van der Waals surface area (Å²) in [6.07, 6.45) is 0. The Balaban J connectivity index is 0.000000197. The van der Waals surface area contributed by atoms with Gasteiger partial charge in [-0.1, -0.05) is 91.0 Å². The number of hydrogen-bond acceptors (Lipinski definition) is 9. The van der Waals surface area contributed by atoms with Crippen LogP contribution in [0, 0.1) is 38.6 Å². The number of aromatic carboxylic acids is 3. The molecule has 0 spiro atoms. The Labute approximate surface area is 313 Å². The standard InChI is InChI=1S/3C13H10O3.Tb/c3*14-13(15)11-8-4-5-9-12(11)16-10-6-2-1-3-7-10;/h3*1-9H,(H,14,15);/q;;;+3/p-3. The molecule has 0 atom stereocenters. The van der Waals surface area contributed by atoms with Crippen LogP contribution in [0.1, 0.15) is 31.1 Å². The molecule has 0 radical (unpaired) electrons. The molecule has 0 fully saturated rings. The average Bonchev–Trinajstić information content (AvgIpc) is 3.11. The third kappa shape index (κ3) is 12.2. The molecule has 0 heterocycles. The summed E-state index contributed by atoms with van der Waals surface area (Å²) in [5.74, 6) is -1.09. The average molecular weight is 799 g/mol. The van der Waals surface area contributed by atoms with Crippen LogP contribution in [-0.4, -0.2) is 17.9 Å². The smallest absolute Gasteiger partial charge is 0.545 e. The van der Waals surface area contributed by atoms with Gasteiger partial charge in [-0.15, -0.1) is 0 Å². The zero-order valence-electron chi connectivity index (χ0n) is 25.6. The Morgan fingerprint density at radius 3 is 0.755 bits per heavy atom. The second kappa shape index (κ2) is 19.9. The second-order valence-corrected chi connectivity index (χ2v) is 9.60. The van der Waals surface area contributed by atoms with Crippen molar-refractivity contribution < 1.29 is 82.5 Å². The zero-order chi connectivity index (χ0) is 34.1. The Morgan fingerprint density at radius 1 is 0.327 bits per heavy atom. The van der Waals surface area contributed by atoms with Gasteiger partial charge in [0.15, 0.2) is 0 Å². The van der Waals surface area contributed by atoms with E-state index in [2.05, 4.69) is 0 Å². The molecule has 0 aliphatic rings. The number of ether oxygens (including phenoxy) is 3. The van der Waals surface area contributed by atoms with E-state index in [9.17, 15) is 29.7 Å². The van der Waals surface area contributed by atoms with Gasteiger partial charge in [-0.3, -0.25) is 0 Å². The van der Waals surface area contributed by atoms with Crippen LogP contribution in [0.5, 0.6) is 34.5 Å². The number of benzene rings is 6. The van der Waals surface area contributed by atoms with Crippen LogP contribution in [-0.2, 0) is 0 Å². The van der Waals surface area contributed by atoms with Gasteiger partial charge in [-0.05, 0) is 72.8 Å². The van der Waals surface area contributed by atoms with E-state index < -0.39 is 17.9 Å². The number of carbonyl (C=O) groups excluding carboxylic acids is 3. The van der Waals surface area contributed by atoms with E-state index in [1.165, 1.54) is 18.2 Å². The summed E-state index contributed by atoms with van der Waals surface area (Å²) < 4.78 is 16.3. The Kier molecular flexibility index (Phi) is 15.4. The maximum absolute atomic E-state index is 10.8. The van der Waals surface area contributed by atoms with E-state index in [4.69, 9.17) is 14.2 Å². The van der Waals surface area contributed by atoms with Crippen LogP contribution in [0.3, 0.4) is 0 Å². The summed E-state index contributed by atoms with van der Waals surface area (Å²) >= 11 is 0. The normalized spacial score (nSPS) is 9.55. The first-order chi connectivity index (χ1) is 23.3. The molecule has 0 bridgehead atoms. The van der Waals surface area contributed by atoms with Crippen LogP contribution < -0.4 is 29.5 Å². The van der Waals surface area contributed by atoms with Crippen LogP contribution in [0.2, 0.25) is 0 Å². The molecular weight excluding hydrogens is 771 g/mol. The fourth-order valence-electron chi connectivity index (χ4n) is 4.02. The largest absolute Gasteiger partial charge is 3.00 e. The minimum absolute atomic E-state index is 0. The monoisotopic (exact) mass is 798 g/mol. The topological polar surface area (TPSA) is 148 Å². The molecule has 0 aliphatic carbocycles. The van der Waals surface area contributed by atoms with E-state index in [-0.39, 0.29) is 72.6 Å². The van der Waals surface area contributed by atoms with Crippen molar-refractivity contribution in [2.24, 2.45) is 0 Å². The predicted molar refractivity (Wildman–Crippen MR) is 172 cm³/mol. The van der Waals surface area contributed by atoms with Crippen molar-refractivity contribution in [3.63, 3.8) is 0 Å². The third-order valence-corrected chi connectivity index (χ3v) is 6.23. The molecule has 0 aromatic heterocycles. The predicted octanol–water partition coefficient (Wildman–Crippen LogP) is 5.53. The van der Waals surface area contributed by atoms with E-state index >= 15 is 0 Å². The molecule has 0 saturated heterocycles. The maximum atomic E-state index is 10.8. The molecule has 6 aromatic carbocycles. The van der Waals surface area contributed by atoms with Crippen molar-refractivity contribution in [2.45, 2.75) is 0 Å². The van der Waals surface area contributed by atoms with Crippen LogP contribution >= 0.6 is 0 Å². The van der Waals surface area contributed by atoms with E-state index in [1.54, 1.807) is 91.0 Å². The van der Waals surface area contributed by atoms with Crippen LogP contribution in [0.25, 0.3) is 0 Å². The molecule has 0 aliphatic heterocycles. The van der Waals surface area contributed by atoms with E-state index in [1.807, 2.05) is 54.6 Å². The molecule has 0 unspecified atom stereocenters. The molecule has 0 amide bonds. The Bertz CT molecular complexity index is 1710. The number of rotatable bonds is 9. The maximum Gasteiger partial charge on any atom is 3.00 e. The first-order valence-electron chi connectivity index (χ1n) is 14.4. The van der Waals surface area contributed by atoms with Gasteiger partial charge in [-0.25, -0.2) is 0 Å². The van der Waals surface area contributed by atoms with Crippen molar-refractivity contribution in [3.05, 3.63) is 180 Å². The summed E-state index contributed by atoms with van der Waals surface area (Å²) in [4.78, 5) is 32.5. The van der Waals surface area contributed by atoms with Crippen molar-refractivity contribution >= 4 is 17.9 Å². The molecular formula is C39H27O9Tb. The molecule has 0 saturated carbocycles. The summed E-state index contributed by atoms with van der Waals surface area (Å²) in [6.45, 7) is 0. The summed E-state index contributed by atoms with van der Waals surface area (Å²) in [6, 6.07) is 46.2. The fourth-order valence-corrected chi connectivity index (χ4v) is 4.02. The van der Waals surface area contributed by atoms with Crippen molar-refractivity contribution in [2.75, 3.05) is 0 Å². The quantitative estimate of drug-likeness (QED) is 0.184. The molecule has 10 heteroatoms. The van der Waals surface area contributed by atoms with E-state index in [0.717, 1.165) is 0 Å². The van der Waals surface area contributed by atoms with Crippen LogP contribution in [0.4, 0.5) is 0 Å². The van der Waals surface area contributed by atoms with Gasteiger partial charge in [0.05, 0.1) is 17.9 Å². The van der Waals surface area contributed by atoms with Gasteiger partial charge in [0.25, 0.3) is 0 Å². The molecule has 6 rings (SSSR count). The van der Waals surface area contributed by atoms with Gasteiger partial charge >= 0.3 is 38.6 Å². The van der Waals surface area contributed by atoms with Crippen LogP contribution in [0.15, 0.2) is 164 Å². The molecule has 0 N–H and O–H groups in total. The summed E-state index contributed by atoms with van der Waals surface area (Å²) in [5, 5.41) is 32.5. The minimum Gasteiger partial charge on any atom is -0.545 e. The first kappa shape index (κ1) is 37.9. The van der Waals surface area contributed by atoms with Gasteiger partial charge < -0.3 is 43.9 Å². The number of carboxylic acids is 3. The van der Waals surface area contributed by atoms with Gasteiger partial charge in [0.2, 0.25) is 0 Å². The van der Waals surface area contributed by atoms with Crippen molar-refractivity contribution in [1.29, 1.82) is 0 Å². The van der Waals surface area contributed by atoms with Gasteiger partial charge in [0.1, 0.15) is 34.5 Å². The number of hydrogen-bond donors (Lipinski definition) is 0. The summed E-state index contributed by atoms with van der Waals surface area (Å²) in [7, 11) is 0. The zero-order valence-corrected chi connectivity index (χ0v) is 27.7. The number of para-hydroxylation sites is 6. The van der Waals surface area contributed by atoms with E-state index in [0.29, 0.717) is 17.2 Å². The first-order valence-corrected chi connectivity index (χ1v) is 14.4. The van der Waals surface area contributed by atoms with Crippen molar-refractivity contribution in [3.8, 4) is 34.5 Å². The van der Waals surface area contributed by atoms with Gasteiger partial charge in [0, 0.05) is 16.7 Å². The molecule has 246 valence electrons. The Morgan fingerprint density at radius 2 is 0.531 bits per heavy atom. The second-order valence-electron chi connectivity index (χ2n) is 9.60. The van der Waals surface area contributed by atoms with Crippen molar-refractivity contribution in [1.82, 2.24) is 0 Å². The number of carbonyl (C=O) groups is 3. The third-order valence-electron chi connectivity index (χ3n) is 6.23.